The molecular formula is C12H15N3O2. The van der Waals surface area contributed by atoms with Crippen LogP contribution in [0.3, 0.4) is 0 Å². The number of nitrogens with zero attached hydrogens (tertiary/aromatic N) is 1. The second-order valence-corrected chi connectivity index (χ2v) is 4.52. The summed E-state index contributed by atoms with van der Waals surface area (Å²) in [4.78, 5) is 18.1. The van der Waals surface area contributed by atoms with Crippen molar-refractivity contribution >= 4 is 17.0 Å². The molecule has 5 heteroatoms. The molecule has 2 heterocycles. The van der Waals surface area contributed by atoms with Crippen LogP contribution in [-0.4, -0.2) is 21.0 Å². The molecule has 0 radical (unpaired) electrons. The lowest BCUT2D eigenvalue weighted by Crippen LogP contribution is -2.36. The Bertz CT molecular complexity index is 572. The summed E-state index contributed by atoms with van der Waals surface area (Å²) >= 11 is 0. The average molecular weight is 233 g/mol. The maximum Gasteiger partial charge on any atom is 0.305 e. The number of fused-ring (bicyclic) bond motifs is 1. The van der Waals surface area contributed by atoms with Crippen molar-refractivity contribution < 1.29 is 9.90 Å². The van der Waals surface area contributed by atoms with Crippen molar-refractivity contribution in [3.8, 4) is 0 Å². The number of carboxylic acids is 1. The van der Waals surface area contributed by atoms with Gasteiger partial charge < -0.3 is 15.8 Å². The van der Waals surface area contributed by atoms with Crippen molar-refractivity contribution in [2.24, 2.45) is 5.73 Å². The molecule has 0 aliphatic rings. The Hall–Kier alpha value is -1.88. The Morgan fingerprint density at radius 2 is 2.35 bits per heavy atom. The largest absolute Gasteiger partial charge is 0.481 e. The van der Waals surface area contributed by atoms with E-state index in [-0.39, 0.29) is 6.42 Å². The number of carbonyl (C=O) groups is 1. The number of hydrogen-bond donors (Lipinski definition) is 3. The van der Waals surface area contributed by atoms with Crippen LogP contribution in [0.4, 0.5) is 0 Å². The normalized spacial score (nSPS) is 14.8. The van der Waals surface area contributed by atoms with E-state index in [9.17, 15) is 4.79 Å². The van der Waals surface area contributed by atoms with Crippen molar-refractivity contribution in [2.45, 2.75) is 25.8 Å². The summed E-state index contributed by atoms with van der Waals surface area (Å²) in [6, 6.07) is 1.91. The van der Waals surface area contributed by atoms with Crippen LogP contribution in [0, 0.1) is 6.92 Å². The number of pyridine rings is 1. The van der Waals surface area contributed by atoms with Gasteiger partial charge in [0, 0.05) is 17.8 Å². The number of aryl methyl sites for hydroxylation is 1. The third-order valence-corrected chi connectivity index (χ3v) is 2.99. The van der Waals surface area contributed by atoms with E-state index in [1.54, 1.807) is 19.3 Å². The Kier molecular flexibility index (Phi) is 2.63. The van der Waals surface area contributed by atoms with Crippen LogP contribution in [0.15, 0.2) is 18.5 Å². The fourth-order valence-corrected chi connectivity index (χ4v) is 2.13. The number of rotatable bonds is 3. The summed E-state index contributed by atoms with van der Waals surface area (Å²) in [5.41, 5.74) is 7.69. The summed E-state index contributed by atoms with van der Waals surface area (Å²) in [7, 11) is 0. The highest BCUT2D eigenvalue weighted by Gasteiger charge is 2.27. The maximum absolute atomic E-state index is 10.8. The maximum atomic E-state index is 10.8. The van der Waals surface area contributed by atoms with Gasteiger partial charge in [0.05, 0.1) is 12.0 Å². The number of aromatic nitrogens is 2. The smallest absolute Gasteiger partial charge is 0.305 e. The molecular weight excluding hydrogens is 218 g/mol. The predicted octanol–water partition coefficient (Wildman–Crippen LogP) is 1.52. The zero-order valence-corrected chi connectivity index (χ0v) is 9.82. The molecule has 0 unspecified atom stereocenters. The lowest BCUT2D eigenvalue weighted by molar-refractivity contribution is -0.138. The highest BCUT2D eigenvalue weighted by molar-refractivity contribution is 5.81. The zero-order valence-electron chi connectivity index (χ0n) is 9.82. The molecule has 0 aromatic carbocycles. The minimum atomic E-state index is -0.913. The summed E-state index contributed by atoms with van der Waals surface area (Å²) in [5, 5.41) is 9.84. The van der Waals surface area contributed by atoms with Gasteiger partial charge in [-0.05, 0) is 31.0 Å². The van der Waals surface area contributed by atoms with E-state index in [0.29, 0.717) is 0 Å². The highest BCUT2D eigenvalue weighted by Crippen LogP contribution is 2.28. The van der Waals surface area contributed by atoms with Gasteiger partial charge >= 0.3 is 5.97 Å². The fraction of sp³-hybridized carbons (Fsp3) is 0.333. The molecule has 0 spiro atoms. The van der Waals surface area contributed by atoms with E-state index < -0.39 is 11.5 Å². The van der Waals surface area contributed by atoms with E-state index in [2.05, 4.69) is 9.97 Å². The third kappa shape index (κ3) is 2.01. The molecule has 90 valence electrons. The molecule has 2 rings (SSSR count). The van der Waals surface area contributed by atoms with Gasteiger partial charge in [0.2, 0.25) is 0 Å². The zero-order chi connectivity index (χ0) is 12.6. The van der Waals surface area contributed by atoms with Gasteiger partial charge in [-0.3, -0.25) is 4.79 Å². The fourth-order valence-electron chi connectivity index (χ4n) is 2.13. The summed E-state index contributed by atoms with van der Waals surface area (Å²) < 4.78 is 0. The second kappa shape index (κ2) is 3.85. The Balaban J connectivity index is 2.54. The first kappa shape index (κ1) is 11.6. The van der Waals surface area contributed by atoms with Crippen LogP contribution in [0.5, 0.6) is 0 Å². The van der Waals surface area contributed by atoms with Crippen LogP contribution in [0.25, 0.3) is 11.0 Å². The molecule has 0 aliphatic heterocycles. The van der Waals surface area contributed by atoms with Crippen LogP contribution in [0.2, 0.25) is 0 Å². The van der Waals surface area contributed by atoms with E-state index >= 15 is 0 Å². The number of carboxylic acid groups (broad SMARTS) is 1. The minimum absolute atomic E-state index is 0.120. The number of nitrogens with two attached hydrogens (primary N) is 1. The first-order chi connectivity index (χ1) is 7.92. The summed E-state index contributed by atoms with van der Waals surface area (Å²) in [5.74, 6) is -0.913. The van der Waals surface area contributed by atoms with Gasteiger partial charge in [0.1, 0.15) is 5.65 Å². The molecule has 17 heavy (non-hydrogen) atoms. The van der Waals surface area contributed by atoms with Gasteiger partial charge in [-0.2, -0.15) is 0 Å². The van der Waals surface area contributed by atoms with Gasteiger partial charge in [0.25, 0.3) is 0 Å². The Morgan fingerprint density at radius 3 is 3.00 bits per heavy atom. The first-order valence-corrected chi connectivity index (χ1v) is 5.35. The van der Waals surface area contributed by atoms with Gasteiger partial charge in [-0.1, -0.05) is 0 Å². The number of nitrogens with one attached hydrogen (secondary N) is 1. The molecule has 0 fully saturated rings. The van der Waals surface area contributed by atoms with Crippen LogP contribution >= 0.6 is 0 Å². The van der Waals surface area contributed by atoms with E-state index in [0.717, 1.165) is 22.2 Å². The first-order valence-electron chi connectivity index (χ1n) is 5.35. The molecule has 0 saturated carbocycles. The van der Waals surface area contributed by atoms with Gasteiger partial charge in [0.15, 0.2) is 0 Å². The topological polar surface area (TPSA) is 92.0 Å². The van der Waals surface area contributed by atoms with Gasteiger partial charge in [-0.15, -0.1) is 0 Å². The second-order valence-electron chi connectivity index (χ2n) is 4.52. The average Bonchev–Trinajstić information content (AvgIpc) is 2.64. The highest BCUT2D eigenvalue weighted by atomic mass is 16.4. The molecule has 0 amide bonds. The van der Waals surface area contributed by atoms with E-state index in [1.165, 1.54) is 0 Å². The van der Waals surface area contributed by atoms with Gasteiger partial charge in [-0.25, -0.2) is 4.98 Å². The number of H-pyrrole nitrogens is 1. The third-order valence-electron chi connectivity index (χ3n) is 2.99. The number of aromatic amines is 1. The van der Waals surface area contributed by atoms with E-state index in [4.69, 9.17) is 10.8 Å². The van der Waals surface area contributed by atoms with Crippen molar-refractivity contribution in [1.82, 2.24) is 9.97 Å². The lowest BCUT2D eigenvalue weighted by atomic mass is 9.87. The number of hydrogen-bond acceptors (Lipinski definition) is 3. The van der Waals surface area contributed by atoms with Crippen molar-refractivity contribution in [2.75, 3.05) is 0 Å². The Morgan fingerprint density at radius 1 is 1.65 bits per heavy atom. The molecule has 1 atom stereocenters. The summed E-state index contributed by atoms with van der Waals surface area (Å²) in [6.45, 7) is 3.64. The lowest BCUT2D eigenvalue weighted by Gasteiger charge is -2.24. The Labute approximate surface area is 98.7 Å². The standard InChI is InChI=1S/C12H15N3O2/c1-7-8-3-4-14-11(8)15-6-9(7)12(2,13)5-10(16)17/h3-4,6H,5,13H2,1-2H3,(H,14,15)(H,16,17)/t12-/m0/s1. The predicted molar refractivity (Wildman–Crippen MR) is 64.6 cm³/mol. The van der Waals surface area contributed by atoms with Crippen molar-refractivity contribution in [3.05, 3.63) is 29.6 Å². The van der Waals surface area contributed by atoms with Crippen molar-refractivity contribution in [1.29, 1.82) is 0 Å². The van der Waals surface area contributed by atoms with Crippen molar-refractivity contribution in [3.63, 3.8) is 0 Å². The minimum Gasteiger partial charge on any atom is -0.481 e. The van der Waals surface area contributed by atoms with Crippen LogP contribution < -0.4 is 5.73 Å². The number of aliphatic carboxylic acids is 1. The molecule has 0 aliphatic carbocycles. The molecule has 0 saturated heterocycles. The van der Waals surface area contributed by atoms with Crippen LogP contribution in [-0.2, 0) is 10.3 Å². The van der Waals surface area contributed by atoms with E-state index in [1.807, 2.05) is 13.0 Å². The SMILES string of the molecule is Cc1c([C@@](C)(N)CC(=O)O)cnc2[nH]ccc12. The quantitative estimate of drug-likeness (QED) is 0.749. The van der Waals surface area contributed by atoms with Crippen LogP contribution in [0.1, 0.15) is 24.5 Å². The monoisotopic (exact) mass is 233 g/mol. The molecule has 5 nitrogen and oxygen atoms in total. The molecule has 4 N–H and O–H groups in total. The molecule has 2 aromatic heterocycles. The molecule has 2 aromatic rings. The molecule has 0 bridgehead atoms. The summed E-state index contributed by atoms with van der Waals surface area (Å²) in [6.07, 6.45) is 3.34.